The quantitative estimate of drug-likeness (QED) is 0.506. The maximum Gasteiger partial charge on any atom is 0.308 e. The average molecular weight is 422 g/mol. The lowest BCUT2D eigenvalue weighted by Gasteiger charge is -2.19. The minimum Gasteiger partial charge on any atom is -0.456 e. The standard InChI is InChI=1S/C23H26N4O4/c1-23(2,3)15-8-10-16(11-9-15)25-19(28)14-31-20(29)12-13-24-22(30)21-17-6-4-5-7-18(17)26-27-21/h4-11H,12-14H2,1-3H3,(H,24,30)(H,25,28)(H,26,27). The van der Waals surface area contributed by atoms with Crippen molar-refractivity contribution in [2.75, 3.05) is 18.5 Å². The van der Waals surface area contributed by atoms with Crippen LogP contribution >= 0.6 is 0 Å². The molecule has 0 unspecified atom stereocenters. The second-order valence-electron chi connectivity index (χ2n) is 8.16. The molecule has 0 saturated carbocycles. The van der Waals surface area contributed by atoms with E-state index in [4.69, 9.17) is 4.74 Å². The highest BCUT2D eigenvalue weighted by Crippen LogP contribution is 2.23. The van der Waals surface area contributed by atoms with Gasteiger partial charge < -0.3 is 15.4 Å². The van der Waals surface area contributed by atoms with Gasteiger partial charge in [0.25, 0.3) is 11.8 Å². The molecule has 8 nitrogen and oxygen atoms in total. The molecule has 0 fully saturated rings. The monoisotopic (exact) mass is 422 g/mol. The van der Waals surface area contributed by atoms with Crippen LogP contribution in [-0.4, -0.2) is 41.1 Å². The maximum atomic E-state index is 12.2. The van der Waals surface area contributed by atoms with Gasteiger partial charge in [-0.25, -0.2) is 0 Å². The van der Waals surface area contributed by atoms with E-state index in [1.807, 2.05) is 42.5 Å². The molecular formula is C23H26N4O4. The number of carbonyl (C=O) groups excluding carboxylic acids is 3. The van der Waals surface area contributed by atoms with Crippen LogP contribution in [-0.2, 0) is 19.7 Å². The molecule has 0 saturated heterocycles. The predicted octanol–water partition coefficient (Wildman–Crippen LogP) is 3.16. The number of benzene rings is 2. The number of aromatic nitrogens is 2. The Balaban J connectivity index is 1.39. The number of para-hydroxylation sites is 1. The lowest BCUT2D eigenvalue weighted by atomic mass is 9.87. The van der Waals surface area contributed by atoms with Crippen LogP contribution in [0.15, 0.2) is 48.5 Å². The topological polar surface area (TPSA) is 113 Å². The van der Waals surface area contributed by atoms with Gasteiger partial charge in [-0.05, 0) is 29.2 Å². The molecular weight excluding hydrogens is 396 g/mol. The van der Waals surface area contributed by atoms with Crippen LogP contribution < -0.4 is 10.6 Å². The molecule has 0 aliphatic heterocycles. The first-order chi connectivity index (χ1) is 14.7. The Morgan fingerprint density at radius 1 is 1.03 bits per heavy atom. The third-order valence-electron chi connectivity index (χ3n) is 4.70. The summed E-state index contributed by atoms with van der Waals surface area (Å²) in [5.41, 5.74) is 2.83. The fourth-order valence-corrected chi connectivity index (χ4v) is 2.97. The van der Waals surface area contributed by atoms with Gasteiger partial charge in [0.2, 0.25) is 0 Å². The number of anilines is 1. The largest absolute Gasteiger partial charge is 0.456 e. The minimum atomic E-state index is -0.578. The molecule has 0 aliphatic rings. The molecule has 2 aromatic carbocycles. The van der Waals surface area contributed by atoms with Crippen LogP contribution in [0.2, 0.25) is 0 Å². The normalized spacial score (nSPS) is 11.2. The number of aromatic amines is 1. The number of nitrogens with zero attached hydrogens (tertiary/aromatic N) is 1. The van der Waals surface area contributed by atoms with Gasteiger partial charge in [0.1, 0.15) is 0 Å². The highest BCUT2D eigenvalue weighted by Gasteiger charge is 2.15. The van der Waals surface area contributed by atoms with Gasteiger partial charge in [-0.2, -0.15) is 5.10 Å². The number of rotatable bonds is 7. The van der Waals surface area contributed by atoms with E-state index < -0.39 is 18.5 Å². The first-order valence-electron chi connectivity index (χ1n) is 10.0. The van der Waals surface area contributed by atoms with Crippen molar-refractivity contribution >= 4 is 34.4 Å². The number of hydrogen-bond donors (Lipinski definition) is 3. The number of hydrogen-bond acceptors (Lipinski definition) is 5. The Kier molecular flexibility index (Phi) is 6.69. The molecule has 3 N–H and O–H groups in total. The van der Waals surface area contributed by atoms with E-state index in [0.717, 1.165) is 11.1 Å². The molecule has 8 heteroatoms. The van der Waals surface area contributed by atoms with E-state index in [-0.39, 0.29) is 30.0 Å². The molecule has 0 atom stereocenters. The SMILES string of the molecule is CC(C)(C)c1ccc(NC(=O)COC(=O)CCNC(=O)c2n[nH]c3ccccc23)cc1. The zero-order valence-corrected chi connectivity index (χ0v) is 17.8. The van der Waals surface area contributed by atoms with Crippen LogP contribution in [0.1, 0.15) is 43.2 Å². The molecule has 0 spiro atoms. The van der Waals surface area contributed by atoms with Gasteiger partial charge in [-0.15, -0.1) is 0 Å². The van der Waals surface area contributed by atoms with E-state index in [1.165, 1.54) is 0 Å². The lowest BCUT2D eigenvalue weighted by Crippen LogP contribution is -2.28. The molecule has 0 aliphatic carbocycles. The van der Waals surface area contributed by atoms with Gasteiger partial charge in [0, 0.05) is 17.6 Å². The first kappa shape index (κ1) is 22.0. The van der Waals surface area contributed by atoms with Crippen molar-refractivity contribution in [3.05, 3.63) is 59.8 Å². The van der Waals surface area contributed by atoms with E-state index >= 15 is 0 Å². The number of H-pyrrole nitrogens is 1. The number of amides is 2. The highest BCUT2D eigenvalue weighted by atomic mass is 16.5. The van der Waals surface area contributed by atoms with Gasteiger partial charge in [-0.3, -0.25) is 19.5 Å². The van der Waals surface area contributed by atoms with Crippen LogP contribution in [0, 0.1) is 0 Å². The van der Waals surface area contributed by atoms with Crippen LogP contribution in [0.5, 0.6) is 0 Å². The van der Waals surface area contributed by atoms with Crippen LogP contribution in [0.25, 0.3) is 10.9 Å². The van der Waals surface area contributed by atoms with Crippen molar-refractivity contribution in [3.8, 4) is 0 Å². The zero-order valence-electron chi connectivity index (χ0n) is 17.8. The lowest BCUT2D eigenvalue weighted by molar-refractivity contribution is -0.147. The van der Waals surface area contributed by atoms with Crippen molar-refractivity contribution in [1.82, 2.24) is 15.5 Å². The Morgan fingerprint density at radius 2 is 1.74 bits per heavy atom. The van der Waals surface area contributed by atoms with E-state index in [2.05, 4.69) is 41.6 Å². The smallest absolute Gasteiger partial charge is 0.308 e. The summed E-state index contributed by atoms with van der Waals surface area (Å²) in [6.07, 6.45) is -0.0539. The number of esters is 1. The summed E-state index contributed by atoms with van der Waals surface area (Å²) in [6.45, 7) is 6.02. The third kappa shape index (κ3) is 5.91. The van der Waals surface area contributed by atoms with E-state index in [0.29, 0.717) is 11.1 Å². The Hall–Kier alpha value is -3.68. The molecule has 31 heavy (non-hydrogen) atoms. The summed E-state index contributed by atoms with van der Waals surface area (Å²) in [5, 5.41) is 12.8. The Labute approximate surface area is 180 Å². The second-order valence-corrected chi connectivity index (χ2v) is 8.16. The molecule has 1 aromatic heterocycles. The van der Waals surface area contributed by atoms with Gasteiger partial charge in [0.05, 0.1) is 11.9 Å². The number of carbonyl (C=O) groups is 3. The summed E-state index contributed by atoms with van der Waals surface area (Å²) in [6, 6.07) is 14.8. The van der Waals surface area contributed by atoms with Crippen molar-refractivity contribution in [3.63, 3.8) is 0 Å². The average Bonchev–Trinajstić information content (AvgIpc) is 3.16. The van der Waals surface area contributed by atoms with Gasteiger partial charge >= 0.3 is 5.97 Å². The number of nitrogens with one attached hydrogen (secondary N) is 3. The van der Waals surface area contributed by atoms with E-state index in [9.17, 15) is 14.4 Å². The summed E-state index contributed by atoms with van der Waals surface area (Å²) in [4.78, 5) is 36.1. The molecule has 162 valence electrons. The van der Waals surface area contributed by atoms with Crippen LogP contribution in [0.3, 0.4) is 0 Å². The minimum absolute atomic E-state index is 0.0255. The highest BCUT2D eigenvalue weighted by molar-refractivity contribution is 6.04. The molecule has 0 bridgehead atoms. The number of fused-ring (bicyclic) bond motifs is 1. The third-order valence-corrected chi connectivity index (χ3v) is 4.70. The fourth-order valence-electron chi connectivity index (χ4n) is 2.97. The number of ether oxygens (including phenoxy) is 1. The fraction of sp³-hybridized carbons (Fsp3) is 0.304. The molecule has 3 aromatic rings. The molecule has 1 heterocycles. The van der Waals surface area contributed by atoms with Crippen molar-refractivity contribution in [2.45, 2.75) is 32.6 Å². The Bertz CT molecular complexity index is 1080. The summed E-state index contributed by atoms with van der Waals surface area (Å²) < 4.78 is 4.97. The molecule has 0 radical (unpaired) electrons. The van der Waals surface area contributed by atoms with Crippen LogP contribution in [0.4, 0.5) is 5.69 Å². The maximum absolute atomic E-state index is 12.2. The molecule has 2 amide bonds. The van der Waals surface area contributed by atoms with E-state index in [1.54, 1.807) is 6.07 Å². The summed E-state index contributed by atoms with van der Waals surface area (Å²) in [7, 11) is 0. The summed E-state index contributed by atoms with van der Waals surface area (Å²) in [5.74, 6) is -1.39. The van der Waals surface area contributed by atoms with Crippen molar-refractivity contribution < 1.29 is 19.1 Å². The zero-order chi connectivity index (χ0) is 22.4. The summed E-state index contributed by atoms with van der Waals surface area (Å²) >= 11 is 0. The van der Waals surface area contributed by atoms with Crippen molar-refractivity contribution in [1.29, 1.82) is 0 Å². The predicted molar refractivity (Wildman–Crippen MR) is 118 cm³/mol. The Morgan fingerprint density at radius 3 is 2.45 bits per heavy atom. The van der Waals surface area contributed by atoms with Crippen molar-refractivity contribution in [2.24, 2.45) is 0 Å². The first-order valence-corrected chi connectivity index (χ1v) is 10.0. The second kappa shape index (κ2) is 9.42. The molecule has 3 rings (SSSR count). The van der Waals surface area contributed by atoms with Gasteiger partial charge in [-0.1, -0.05) is 51.1 Å². The van der Waals surface area contributed by atoms with Gasteiger partial charge in [0.15, 0.2) is 12.3 Å².